The van der Waals surface area contributed by atoms with Crippen LogP contribution in [-0.2, 0) is 11.8 Å². The van der Waals surface area contributed by atoms with Crippen molar-refractivity contribution in [3.63, 3.8) is 0 Å². The maximum absolute atomic E-state index is 12.7. The first-order valence-electron chi connectivity index (χ1n) is 9.71. The normalized spacial score (nSPS) is 15.0. The quantitative estimate of drug-likeness (QED) is 0.698. The van der Waals surface area contributed by atoms with Crippen molar-refractivity contribution in [1.82, 2.24) is 25.0 Å². The molecule has 150 valence electrons. The highest BCUT2D eigenvalue weighted by atomic mass is 16.2. The summed E-state index contributed by atoms with van der Waals surface area (Å²) in [7, 11) is 1.84. The summed E-state index contributed by atoms with van der Waals surface area (Å²) in [5, 5.41) is 11.1. The Morgan fingerprint density at radius 2 is 2.07 bits per heavy atom. The van der Waals surface area contributed by atoms with Gasteiger partial charge >= 0.3 is 6.03 Å². The zero-order valence-electron chi connectivity index (χ0n) is 16.6. The highest BCUT2D eigenvalue weighted by molar-refractivity contribution is 5.92. The smallest absolute Gasteiger partial charge is 0.319 e. The van der Waals surface area contributed by atoms with Crippen LogP contribution in [0.3, 0.4) is 0 Å². The van der Waals surface area contributed by atoms with Crippen molar-refractivity contribution in [2.45, 2.75) is 25.8 Å². The lowest BCUT2D eigenvalue weighted by atomic mass is 10.1. The van der Waals surface area contributed by atoms with Gasteiger partial charge in [-0.3, -0.25) is 9.48 Å². The van der Waals surface area contributed by atoms with Crippen LogP contribution in [-0.4, -0.2) is 44.7 Å². The Hall–Kier alpha value is -3.42. The van der Waals surface area contributed by atoms with E-state index in [2.05, 4.69) is 20.7 Å². The first kappa shape index (κ1) is 18.9. The highest BCUT2D eigenvalue weighted by Crippen LogP contribution is 2.21. The van der Waals surface area contributed by atoms with E-state index >= 15 is 0 Å². The molecular weight excluding hydrogens is 368 g/mol. The fourth-order valence-corrected chi connectivity index (χ4v) is 3.74. The number of nitrogens with one attached hydrogen (secondary N) is 2. The number of aromatic nitrogens is 3. The molecule has 1 aliphatic rings. The lowest BCUT2D eigenvalue weighted by Gasteiger charge is -2.25. The second kappa shape index (κ2) is 7.90. The Morgan fingerprint density at radius 3 is 2.79 bits per heavy atom. The van der Waals surface area contributed by atoms with E-state index in [4.69, 9.17) is 0 Å². The van der Waals surface area contributed by atoms with Crippen molar-refractivity contribution in [2.24, 2.45) is 7.05 Å². The Balaban J connectivity index is 1.50. The number of likely N-dealkylation sites (tertiary alicyclic amines) is 1. The highest BCUT2D eigenvalue weighted by Gasteiger charge is 2.25. The van der Waals surface area contributed by atoms with Gasteiger partial charge < -0.3 is 15.5 Å². The fraction of sp³-hybridized carbons (Fsp3) is 0.333. The fourth-order valence-electron chi connectivity index (χ4n) is 3.74. The van der Waals surface area contributed by atoms with Crippen LogP contribution in [0.25, 0.3) is 11.0 Å². The van der Waals surface area contributed by atoms with Gasteiger partial charge in [0.15, 0.2) is 5.65 Å². The molecule has 0 bridgehead atoms. The van der Waals surface area contributed by atoms with Crippen LogP contribution >= 0.6 is 0 Å². The molecule has 1 unspecified atom stereocenters. The third-order valence-electron chi connectivity index (χ3n) is 5.20. The maximum Gasteiger partial charge on any atom is 0.319 e. The standard InChI is InChI=1S/C21H24N6O2/c1-14-17-11-16(12-22-20(17)26(2)25-14)23-21(29)24-18(15-7-4-3-5-8-15)13-27-10-6-9-19(27)28/h3-5,7-8,11-12,18H,6,9-10,13H2,1-2H3,(H2,23,24,29). The van der Waals surface area contributed by atoms with E-state index in [0.717, 1.165) is 35.3 Å². The number of aryl methyl sites for hydroxylation is 2. The summed E-state index contributed by atoms with van der Waals surface area (Å²) in [5.74, 6) is 0.134. The van der Waals surface area contributed by atoms with Gasteiger partial charge in [-0.2, -0.15) is 5.10 Å². The minimum atomic E-state index is -0.340. The average Bonchev–Trinajstić information content (AvgIpc) is 3.24. The van der Waals surface area contributed by atoms with Gasteiger partial charge in [-0.15, -0.1) is 0 Å². The lowest BCUT2D eigenvalue weighted by molar-refractivity contribution is -0.128. The number of hydrogen-bond acceptors (Lipinski definition) is 4. The number of hydrogen-bond donors (Lipinski definition) is 2. The van der Waals surface area contributed by atoms with Crippen LogP contribution in [0.4, 0.5) is 10.5 Å². The molecule has 8 heteroatoms. The topological polar surface area (TPSA) is 92.2 Å². The van der Waals surface area contributed by atoms with E-state index in [1.165, 1.54) is 0 Å². The molecule has 1 aliphatic heterocycles. The molecule has 29 heavy (non-hydrogen) atoms. The zero-order chi connectivity index (χ0) is 20.4. The summed E-state index contributed by atoms with van der Waals surface area (Å²) >= 11 is 0. The molecule has 1 saturated heterocycles. The molecule has 8 nitrogen and oxygen atoms in total. The van der Waals surface area contributed by atoms with Crippen LogP contribution in [0.1, 0.15) is 30.1 Å². The van der Waals surface area contributed by atoms with Crippen molar-refractivity contribution < 1.29 is 9.59 Å². The summed E-state index contributed by atoms with van der Waals surface area (Å²) in [6.45, 7) is 3.09. The van der Waals surface area contributed by atoms with E-state index in [1.54, 1.807) is 10.9 Å². The van der Waals surface area contributed by atoms with E-state index < -0.39 is 0 Å². The van der Waals surface area contributed by atoms with Gasteiger partial charge in [-0.25, -0.2) is 9.78 Å². The molecule has 0 saturated carbocycles. The SMILES string of the molecule is Cc1nn(C)c2ncc(NC(=O)NC(CN3CCCC3=O)c3ccccc3)cc12. The summed E-state index contributed by atoms with van der Waals surface area (Å²) in [6.07, 6.45) is 3.05. The van der Waals surface area contributed by atoms with Crippen LogP contribution < -0.4 is 10.6 Å². The predicted octanol–water partition coefficient (Wildman–Crippen LogP) is 2.76. The van der Waals surface area contributed by atoms with Gasteiger partial charge in [0.1, 0.15) is 0 Å². The number of fused-ring (bicyclic) bond motifs is 1. The largest absolute Gasteiger partial charge is 0.340 e. The summed E-state index contributed by atoms with van der Waals surface area (Å²) < 4.78 is 1.72. The minimum absolute atomic E-state index is 0.134. The second-order valence-corrected chi connectivity index (χ2v) is 7.31. The average molecular weight is 392 g/mol. The monoisotopic (exact) mass is 392 g/mol. The van der Waals surface area contributed by atoms with Gasteiger partial charge in [-0.05, 0) is 25.0 Å². The van der Waals surface area contributed by atoms with Crippen molar-refractivity contribution in [2.75, 3.05) is 18.4 Å². The summed E-state index contributed by atoms with van der Waals surface area (Å²) in [4.78, 5) is 31.0. The lowest BCUT2D eigenvalue weighted by Crippen LogP contribution is -2.40. The maximum atomic E-state index is 12.7. The minimum Gasteiger partial charge on any atom is -0.340 e. The number of carbonyl (C=O) groups is 2. The predicted molar refractivity (Wildman–Crippen MR) is 110 cm³/mol. The molecule has 2 aromatic heterocycles. The van der Waals surface area contributed by atoms with Crippen LogP contribution in [0.15, 0.2) is 42.6 Å². The number of urea groups is 1. The Kier molecular flexibility index (Phi) is 5.16. The number of anilines is 1. The Morgan fingerprint density at radius 1 is 1.28 bits per heavy atom. The number of amides is 3. The van der Waals surface area contributed by atoms with Gasteiger partial charge in [-0.1, -0.05) is 30.3 Å². The van der Waals surface area contributed by atoms with Crippen molar-refractivity contribution >= 4 is 28.7 Å². The van der Waals surface area contributed by atoms with Crippen molar-refractivity contribution in [3.8, 4) is 0 Å². The Labute approximate surface area is 168 Å². The number of nitrogens with zero attached hydrogens (tertiary/aromatic N) is 4. The van der Waals surface area contributed by atoms with E-state index in [1.807, 2.05) is 55.3 Å². The van der Waals surface area contributed by atoms with Gasteiger partial charge in [0.25, 0.3) is 0 Å². The van der Waals surface area contributed by atoms with Gasteiger partial charge in [0, 0.05) is 31.9 Å². The number of benzene rings is 1. The third kappa shape index (κ3) is 4.06. The second-order valence-electron chi connectivity index (χ2n) is 7.31. The van der Waals surface area contributed by atoms with E-state index in [-0.39, 0.29) is 18.0 Å². The van der Waals surface area contributed by atoms with Crippen LogP contribution in [0.5, 0.6) is 0 Å². The zero-order valence-corrected chi connectivity index (χ0v) is 16.6. The molecule has 1 fully saturated rings. The van der Waals surface area contributed by atoms with Crippen LogP contribution in [0, 0.1) is 6.92 Å². The van der Waals surface area contributed by atoms with Gasteiger partial charge in [0.05, 0.1) is 23.6 Å². The third-order valence-corrected chi connectivity index (χ3v) is 5.20. The number of rotatable bonds is 5. The van der Waals surface area contributed by atoms with Crippen LogP contribution in [0.2, 0.25) is 0 Å². The first-order chi connectivity index (χ1) is 14.0. The van der Waals surface area contributed by atoms with Crippen molar-refractivity contribution in [1.29, 1.82) is 0 Å². The van der Waals surface area contributed by atoms with E-state index in [0.29, 0.717) is 18.7 Å². The molecule has 0 aliphatic carbocycles. The number of carbonyl (C=O) groups excluding carboxylic acids is 2. The molecule has 0 spiro atoms. The van der Waals surface area contributed by atoms with E-state index in [9.17, 15) is 9.59 Å². The molecule has 3 heterocycles. The summed E-state index contributed by atoms with van der Waals surface area (Å²) in [6, 6.07) is 10.9. The first-order valence-corrected chi connectivity index (χ1v) is 9.71. The molecule has 1 atom stereocenters. The van der Waals surface area contributed by atoms with Gasteiger partial charge in [0.2, 0.25) is 5.91 Å². The number of pyridine rings is 1. The molecular formula is C21H24N6O2. The molecule has 2 N–H and O–H groups in total. The molecule has 1 aromatic carbocycles. The summed E-state index contributed by atoms with van der Waals surface area (Å²) in [5.41, 5.74) is 3.17. The molecule has 4 rings (SSSR count). The molecule has 3 amide bonds. The Bertz CT molecular complexity index is 1050. The van der Waals surface area contributed by atoms with Crippen molar-refractivity contribution in [3.05, 3.63) is 53.9 Å². The molecule has 0 radical (unpaired) electrons. The molecule has 3 aromatic rings.